The fourth-order valence-corrected chi connectivity index (χ4v) is 2.81. The molecular weight excluding hydrogens is 229 g/mol. The van der Waals surface area contributed by atoms with Crippen LogP contribution in [0.5, 0.6) is 0 Å². The van der Waals surface area contributed by atoms with Gasteiger partial charge in [0.15, 0.2) is 0 Å². The van der Waals surface area contributed by atoms with Gasteiger partial charge >= 0.3 is 0 Å². The molecule has 1 unspecified atom stereocenters. The number of ether oxygens (including phenoxy) is 1. The maximum atomic E-state index is 13.2. The molecule has 0 aliphatic heterocycles. The third-order valence-corrected chi connectivity index (χ3v) is 4.02. The molecule has 100 valence electrons. The fourth-order valence-electron chi connectivity index (χ4n) is 2.81. The molecule has 1 aromatic carbocycles. The molecule has 0 amide bonds. The Hall–Kier alpha value is -0.930. The summed E-state index contributed by atoms with van der Waals surface area (Å²) < 4.78 is 19.0. The summed E-state index contributed by atoms with van der Waals surface area (Å²) in [6, 6.07) is 7.12. The van der Waals surface area contributed by atoms with Gasteiger partial charge in [-0.05, 0) is 49.9 Å². The Kier molecular flexibility index (Phi) is 4.36. The minimum Gasteiger partial charge on any atom is -0.377 e. The van der Waals surface area contributed by atoms with E-state index in [1.54, 1.807) is 19.2 Å². The lowest BCUT2D eigenvalue weighted by Crippen LogP contribution is -2.57. The van der Waals surface area contributed by atoms with Gasteiger partial charge in [0.25, 0.3) is 0 Å². The first kappa shape index (κ1) is 13.5. The molecule has 1 aromatic rings. The van der Waals surface area contributed by atoms with Crippen molar-refractivity contribution in [1.82, 2.24) is 5.32 Å². The predicted molar refractivity (Wildman–Crippen MR) is 71.2 cm³/mol. The summed E-state index contributed by atoms with van der Waals surface area (Å²) in [7, 11) is 1.79. The van der Waals surface area contributed by atoms with Gasteiger partial charge in [-0.25, -0.2) is 4.39 Å². The van der Waals surface area contributed by atoms with Crippen molar-refractivity contribution in [1.29, 1.82) is 0 Å². The third-order valence-electron chi connectivity index (χ3n) is 4.02. The van der Waals surface area contributed by atoms with E-state index < -0.39 is 0 Å². The second-order valence-corrected chi connectivity index (χ2v) is 5.07. The number of methoxy groups -OCH3 is 1. The van der Waals surface area contributed by atoms with Gasteiger partial charge in [0.2, 0.25) is 0 Å². The largest absolute Gasteiger partial charge is 0.377 e. The van der Waals surface area contributed by atoms with Crippen LogP contribution in [0.2, 0.25) is 0 Å². The van der Waals surface area contributed by atoms with Gasteiger partial charge in [-0.1, -0.05) is 19.1 Å². The van der Waals surface area contributed by atoms with Crippen molar-refractivity contribution < 1.29 is 9.13 Å². The maximum Gasteiger partial charge on any atom is 0.123 e. The molecule has 1 fully saturated rings. The van der Waals surface area contributed by atoms with E-state index in [0.29, 0.717) is 0 Å². The first-order valence-electron chi connectivity index (χ1n) is 6.73. The summed E-state index contributed by atoms with van der Waals surface area (Å²) in [5.41, 5.74) is 0.978. The average Bonchev–Trinajstić information content (AvgIpc) is 2.28. The number of hydrogen-bond donors (Lipinski definition) is 1. The van der Waals surface area contributed by atoms with Crippen LogP contribution in [0.3, 0.4) is 0 Å². The minimum atomic E-state index is -0.164. The van der Waals surface area contributed by atoms with E-state index in [9.17, 15) is 4.39 Å². The van der Waals surface area contributed by atoms with E-state index in [1.165, 1.54) is 12.5 Å². The molecule has 0 spiro atoms. The second-order valence-electron chi connectivity index (χ2n) is 5.07. The normalized spacial score (nSPS) is 19.3. The van der Waals surface area contributed by atoms with Crippen LogP contribution in [0, 0.1) is 5.82 Å². The summed E-state index contributed by atoms with van der Waals surface area (Å²) in [6.07, 6.45) is 4.23. The Balaban J connectivity index is 2.11. The summed E-state index contributed by atoms with van der Waals surface area (Å²) in [4.78, 5) is 0. The number of halogens is 1. The van der Waals surface area contributed by atoms with E-state index in [0.717, 1.165) is 31.4 Å². The van der Waals surface area contributed by atoms with E-state index in [-0.39, 0.29) is 17.5 Å². The van der Waals surface area contributed by atoms with Crippen molar-refractivity contribution in [2.45, 2.75) is 44.2 Å². The molecular formula is C15H22FNO. The Labute approximate surface area is 109 Å². The molecule has 3 heteroatoms. The highest BCUT2D eigenvalue weighted by atomic mass is 19.1. The van der Waals surface area contributed by atoms with Crippen LogP contribution in [0.15, 0.2) is 24.3 Å². The van der Waals surface area contributed by atoms with E-state index in [4.69, 9.17) is 4.74 Å². The summed E-state index contributed by atoms with van der Waals surface area (Å²) in [5, 5.41) is 3.50. The number of likely N-dealkylation sites (N-methyl/N-ethyl adjacent to an activating group) is 1. The van der Waals surface area contributed by atoms with E-state index >= 15 is 0 Å². The molecule has 0 bridgehead atoms. The first-order chi connectivity index (χ1) is 8.70. The monoisotopic (exact) mass is 251 g/mol. The van der Waals surface area contributed by atoms with Crippen LogP contribution in [-0.2, 0) is 11.2 Å². The van der Waals surface area contributed by atoms with Crippen molar-refractivity contribution in [3.8, 4) is 0 Å². The zero-order valence-electron chi connectivity index (χ0n) is 11.2. The molecule has 18 heavy (non-hydrogen) atoms. The molecule has 1 aliphatic rings. The van der Waals surface area contributed by atoms with Crippen LogP contribution in [-0.4, -0.2) is 25.3 Å². The van der Waals surface area contributed by atoms with Gasteiger partial charge in [-0.15, -0.1) is 0 Å². The van der Waals surface area contributed by atoms with Crippen molar-refractivity contribution in [3.63, 3.8) is 0 Å². The van der Waals surface area contributed by atoms with Crippen LogP contribution < -0.4 is 5.32 Å². The predicted octanol–water partition coefficient (Wildman–Crippen LogP) is 2.92. The van der Waals surface area contributed by atoms with Gasteiger partial charge in [0.05, 0.1) is 5.60 Å². The highest BCUT2D eigenvalue weighted by Crippen LogP contribution is 2.39. The smallest absolute Gasteiger partial charge is 0.123 e. The highest BCUT2D eigenvalue weighted by Gasteiger charge is 2.43. The molecule has 2 rings (SSSR count). The summed E-state index contributed by atoms with van der Waals surface area (Å²) in [6.45, 7) is 3.01. The Morgan fingerprint density at radius 2 is 2.22 bits per heavy atom. The molecule has 0 saturated heterocycles. The number of benzene rings is 1. The zero-order valence-corrected chi connectivity index (χ0v) is 11.2. The molecule has 1 aliphatic carbocycles. The fraction of sp³-hybridized carbons (Fsp3) is 0.600. The van der Waals surface area contributed by atoms with Crippen molar-refractivity contribution in [2.75, 3.05) is 13.7 Å². The van der Waals surface area contributed by atoms with Crippen LogP contribution >= 0.6 is 0 Å². The van der Waals surface area contributed by atoms with Gasteiger partial charge < -0.3 is 10.1 Å². The molecule has 0 heterocycles. The van der Waals surface area contributed by atoms with Crippen LogP contribution in [0.1, 0.15) is 31.7 Å². The van der Waals surface area contributed by atoms with Crippen LogP contribution in [0.4, 0.5) is 4.39 Å². The minimum absolute atomic E-state index is 0.0532. The van der Waals surface area contributed by atoms with Crippen molar-refractivity contribution >= 4 is 0 Å². The lowest BCUT2D eigenvalue weighted by Gasteiger charge is -2.47. The quantitative estimate of drug-likeness (QED) is 0.839. The van der Waals surface area contributed by atoms with Gasteiger partial charge in [0, 0.05) is 13.2 Å². The summed E-state index contributed by atoms with van der Waals surface area (Å²) >= 11 is 0. The zero-order chi connectivity index (χ0) is 13.0. The molecule has 1 atom stereocenters. The van der Waals surface area contributed by atoms with Crippen molar-refractivity contribution in [2.24, 2.45) is 0 Å². The Bertz CT molecular complexity index is 384. The molecule has 0 aromatic heterocycles. The number of nitrogens with one attached hydrogen (secondary N) is 1. The average molecular weight is 251 g/mol. The number of hydrogen-bond acceptors (Lipinski definition) is 2. The lowest BCUT2D eigenvalue weighted by atomic mass is 9.72. The van der Waals surface area contributed by atoms with E-state index in [1.807, 2.05) is 6.07 Å². The Morgan fingerprint density at radius 3 is 2.72 bits per heavy atom. The molecule has 1 N–H and O–H groups in total. The number of rotatable bonds is 6. The standard InChI is InChI=1S/C15H22FNO/c1-3-17-14(15(18-2)8-5-9-15)11-12-6-4-7-13(16)10-12/h4,6-7,10,14,17H,3,5,8-9,11H2,1-2H3. The van der Waals surface area contributed by atoms with Crippen molar-refractivity contribution in [3.05, 3.63) is 35.6 Å². The highest BCUT2D eigenvalue weighted by molar-refractivity contribution is 5.19. The van der Waals surface area contributed by atoms with Gasteiger partial charge in [-0.3, -0.25) is 0 Å². The topological polar surface area (TPSA) is 21.3 Å². The first-order valence-corrected chi connectivity index (χ1v) is 6.73. The SMILES string of the molecule is CCNC(Cc1cccc(F)c1)C1(OC)CCC1. The van der Waals surface area contributed by atoms with E-state index in [2.05, 4.69) is 12.2 Å². The lowest BCUT2D eigenvalue weighted by molar-refractivity contribution is -0.0978. The maximum absolute atomic E-state index is 13.2. The van der Waals surface area contributed by atoms with Gasteiger partial charge in [-0.2, -0.15) is 0 Å². The molecule has 1 saturated carbocycles. The van der Waals surface area contributed by atoms with Crippen LogP contribution in [0.25, 0.3) is 0 Å². The third kappa shape index (κ3) is 2.73. The molecule has 0 radical (unpaired) electrons. The Morgan fingerprint density at radius 1 is 1.44 bits per heavy atom. The van der Waals surface area contributed by atoms with Gasteiger partial charge in [0.1, 0.15) is 5.82 Å². The molecule has 2 nitrogen and oxygen atoms in total. The summed E-state index contributed by atoms with van der Waals surface area (Å²) in [5.74, 6) is -0.164. The second kappa shape index (κ2) is 5.81.